The average molecular weight is 276 g/mol. The summed E-state index contributed by atoms with van der Waals surface area (Å²) in [5.74, 6) is -4.29. The van der Waals surface area contributed by atoms with Gasteiger partial charge in [-0.05, 0) is 32.4 Å². The third kappa shape index (κ3) is 3.23. The monoisotopic (exact) mass is 276 g/mol. The Hall–Kier alpha value is -0.750. The maximum absolute atomic E-state index is 13.1. The summed E-state index contributed by atoms with van der Waals surface area (Å²) in [5.41, 5.74) is 5.77. The molecule has 0 aromatic rings. The molecule has 19 heavy (non-hydrogen) atoms. The molecule has 2 rings (SSSR count). The van der Waals surface area contributed by atoms with E-state index in [-0.39, 0.29) is 0 Å². The van der Waals surface area contributed by atoms with E-state index >= 15 is 0 Å². The minimum absolute atomic E-state index is 0.312. The number of hydrogen-bond acceptors (Lipinski definition) is 4. The van der Waals surface area contributed by atoms with Gasteiger partial charge in [0.2, 0.25) is 0 Å². The Balaban J connectivity index is 1.90. The van der Waals surface area contributed by atoms with Crippen LogP contribution in [0, 0.1) is 5.92 Å². The highest BCUT2D eigenvalue weighted by molar-refractivity contribution is 5.79. The first-order valence-electron chi connectivity index (χ1n) is 6.93. The van der Waals surface area contributed by atoms with Gasteiger partial charge in [-0.15, -0.1) is 0 Å². The molecule has 0 aromatic carbocycles. The lowest BCUT2D eigenvalue weighted by atomic mass is 9.83. The summed E-state index contributed by atoms with van der Waals surface area (Å²) in [6.07, 6.45) is 3.25. The molecule has 1 saturated carbocycles. The van der Waals surface area contributed by atoms with E-state index in [9.17, 15) is 13.6 Å². The second-order valence-electron chi connectivity index (χ2n) is 5.72. The summed E-state index contributed by atoms with van der Waals surface area (Å²) in [6.45, 7) is 0.984. The number of nitrogens with two attached hydrogens (primary N) is 1. The first-order valence-corrected chi connectivity index (χ1v) is 6.93. The van der Waals surface area contributed by atoms with Gasteiger partial charge in [0.05, 0.1) is 6.42 Å². The second-order valence-corrected chi connectivity index (χ2v) is 5.72. The number of carbonyl (C=O) groups is 1. The number of rotatable bonds is 4. The van der Waals surface area contributed by atoms with Crippen LogP contribution >= 0.6 is 0 Å². The molecule has 0 amide bonds. The normalized spacial score (nSPS) is 34.6. The van der Waals surface area contributed by atoms with Crippen molar-refractivity contribution in [2.45, 2.75) is 50.2 Å². The second kappa shape index (κ2) is 5.71. The molecule has 1 saturated heterocycles. The summed E-state index contributed by atoms with van der Waals surface area (Å²) < 4.78 is 31.0. The highest BCUT2D eigenvalue weighted by atomic mass is 19.3. The van der Waals surface area contributed by atoms with E-state index in [4.69, 9.17) is 10.5 Å². The van der Waals surface area contributed by atoms with Crippen LogP contribution in [-0.4, -0.2) is 49.1 Å². The van der Waals surface area contributed by atoms with Crippen molar-refractivity contribution in [2.24, 2.45) is 11.7 Å². The summed E-state index contributed by atoms with van der Waals surface area (Å²) in [7, 11) is 1.91. The van der Waals surface area contributed by atoms with Crippen LogP contribution in [0.1, 0.15) is 32.1 Å². The average Bonchev–Trinajstić information content (AvgIpc) is 2.62. The molecule has 1 heterocycles. The molecule has 6 heteroatoms. The molecular weight excluding hydrogens is 254 g/mol. The van der Waals surface area contributed by atoms with E-state index in [0.29, 0.717) is 25.0 Å². The molecule has 4 nitrogen and oxygen atoms in total. The summed E-state index contributed by atoms with van der Waals surface area (Å²) in [5, 5.41) is 0. The van der Waals surface area contributed by atoms with Crippen LogP contribution in [0.25, 0.3) is 0 Å². The zero-order valence-electron chi connectivity index (χ0n) is 11.3. The van der Waals surface area contributed by atoms with Gasteiger partial charge in [0.1, 0.15) is 6.10 Å². The molecule has 3 unspecified atom stereocenters. The molecule has 110 valence electrons. The number of hydrogen-bond donors (Lipinski definition) is 1. The maximum Gasteiger partial charge on any atom is 0.377 e. The molecule has 0 bridgehead atoms. The topological polar surface area (TPSA) is 55.6 Å². The molecule has 2 aliphatic rings. The van der Waals surface area contributed by atoms with Gasteiger partial charge in [0.25, 0.3) is 0 Å². The molecular formula is C13H22F2N2O2. The molecule has 1 aliphatic carbocycles. The van der Waals surface area contributed by atoms with Gasteiger partial charge in [-0.3, -0.25) is 4.90 Å². The van der Waals surface area contributed by atoms with E-state index in [1.807, 2.05) is 11.9 Å². The molecule has 3 atom stereocenters. The third-order valence-corrected chi connectivity index (χ3v) is 4.29. The van der Waals surface area contributed by atoms with Crippen molar-refractivity contribution in [1.29, 1.82) is 0 Å². The maximum atomic E-state index is 13.1. The Kier molecular flexibility index (Phi) is 4.40. The van der Waals surface area contributed by atoms with Crippen molar-refractivity contribution < 1.29 is 18.3 Å². The highest BCUT2D eigenvalue weighted by Gasteiger charge is 2.51. The van der Waals surface area contributed by atoms with E-state index in [1.165, 1.54) is 6.42 Å². The summed E-state index contributed by atoms with van der Waals surface area (Å²) >= 11 is 0. The SMILES string of the molecule is CN(CC1CC(F)(F)C(=O)O1)C1CCCCC1CN. The number of nitrogens with zero attached hydrogens (tertiary/aromatic N) is 1. The van der Waals surface area contributed by atoms with E-state index in [0.717, 1.165) is 19.3 Å². The van der Waals surface area contributed by atoms with Gasteiger partial charge in [-0.25, -0.2) is 4.79 Å². The number of esters is 1. The minimum atomic E-state index is -3.31. The van der Waals surface area contributed by atoms with Crippen LogP contribution in [0.2, 0.25) is 0 Å². The first kappa shape index (κ1) is 14.7. The standard InChI is InChI=1S/C13H22F2N2O2/c1-17(11-5-3-2-4-9(11)7-16)8-10-6-13(14,15)12(18)19-10/h9-11H,2-8,16H2,1H3. The highest BCUT2D eigenvalue weighted by Crippen LogP contribution is 2.33. The molecule has 0 radical (unpaired) electrons. The van der Waals surface area contributed by atoms with Crippen molar-refractivity contribution >= 4 is 5.97 Å². The van der Waals surface area contributed by atoms with Crippen molar-refractivity contribution in [3.8, 4) is 0 Å². The largest absolute Gasteiger partial charge is 0.456 e. The van der Waals surface area contributed by atoms with Crippen molar-refractivity contribution in [2.75, 3.05) is 20.1 Å². The zero-order valence-corrected chi connectivity index (χ0v) is 11.3. The predicted molar refractivity (Wildman–Crippen MR) is 66.9 cm³/mol. The van der Waals surface area contributed by atoms with Gasteiger partial charge in [0.15, 0.2) is 0 Å². The molecule has 0 aromatic heterocycles. The number of halogens is 2. The Labute approximate surface area is 112 Å². The van der Waals surface area contributed by atoms with Gasteiger partial charge < -0.3 is 10.5 Å². The predicted octanol–water partition coefficient (Wildman–Crippen LogP) is 1.39. The Morgan fingerprint density at radius 2 is 2.11 bits per heavy atom. The van der Waals surface area contributed by atoms with Crippen LogP contribution < -0.4 is 5.73 Å². The number of carbonyl (C=O) groups excluding carboxylic acids is 1. The van der Waals surface area contributed by atoms with Crippen LogP contribution in [0.3, 0.4) is 0 Å². The molecule has 2 N–H and O–H groups in total. The van der Waals surface area contributed by atoms with Crippen LogP contribution in [0.15, 0.2) is 0 Å². The first-order chi connectivity index (χ1) is 8.94. The fourth-order valence-electron chi connectivity index (χ4n) is 3.25. The Morgan fingerprint density at radius 1 is 1.42 bits per heavy atom. The van der Waals surface area contributed by atoms with Gasteiger partial charge >= 0.3 is 11.9 Å². The molecule has 2 fully saturated rings. The fourth-order valence-corrected chi connectivity index (χ4v) is 3.25. The Bertz CT molecular complexity index is 339. The van der Waals surface area contributed by atoms with Crippen molar-refractivity contribution in [3.05, 3.63) is 0 Å². The smallest absolute Gasteiger partial charge is 0.377 e. The number of likely N-dealkylation sites (N-methyl/N-ethyl adjacent to an activating group) is 1. The number of ether oxygens (including phenoxy) is 1. The fraction of sp³-hybridized carbons (Fsp3) is 0.923. The third-order valence-electron chi connectivity index (χ3n) is 4.29. The number of cyclic esters (lactones) is 1. The molecule has 1 aliphatic heterocycles. The lowest BCUT2D eigenvalue weighted by Gasteiger charge is -2.38. The van der Waals surface area contributed by atoms with E-state index in [2.05, 4.69) is 0 Å². The lowest BCUT2D eigenvalue weighted by Crippen LogP contribution is -2.45. The van der Waals surface area contributed by atoms with Crippen LogP contribution in [0.5, 0.6) is 0 Å². The van der Waals surface area contributed by atoms with E-state index in [1.54, 1.807) is 0 Å². The van der Waals surface area contributed by atoms with Crippen LogP contribution in [-0.2, 0) is 9.53 Å². The molecule has 0 spiro atoms. The Morgan fingerprint density at radius 3 is 2.68 bits per heavy atom. The van der Waals surface area contributed by atoms with Gasteiger partial charge in [-0.1, -0.05) is 12.8 Å². The van der Waals surface area contributed by atoms with Crippen molar-refractivity contribution in [3.63, 3.8) is 0 Å². The summed E-state index contributed by atoms with van der Waals surface area (Å²) in [4.78, 5) is 13.0. The van der Waals surface area contributed by atoms with Gasteiger partial charge in [0, 0.05) is 12.6 Å². The number of alkyl halides is 2. The van der Waals surface area contributed by atoms with Crippen molar-refractivity contribution in [1.82, 2.24) is 4.90 Å². The quantitative estimate of drug-likeness (QED) is 0.788. The van der Waals surface area contributed by atoms with Gasteiger partial charge in [-0.2, -0.15) is 8.78 Å². The van der Waals surface area contributed by atoms with E-state index < -0.39 is 24.4 Å². The summed E-state index contributed by atoms with van der Waals surface area (Å²) in [6, 6.07) is 0.312. The van der Waals surface area contributed by atoms with Crippen LogP contribution in [0.4, 0.5) is 8.78 Å². The minimum Gasteiger partial charge on any atom is -0.456 e. The lowest BCUT2D eigenvalue weighted by molar-refractivity contribution is -0.159. The zero-order chi connectivity index (χ0) is 14.0.